The lowest BCUT2D eigenvalue weighted by molar-refractivity contribution is -0.0642. The largest absolute Gasteiger partial charge is 0.392 e. The van der Waals surface area contributed by atoms with Crippen molar-refractivity contribution in [3.63, 3.8) is 0 Å². The highest BCUT2D eigenvalue weighted by Crippen LogP contribution is 2.31. The molecule has 1 aliphatic carbocycles. The van der Waals surface area contributed by atoms with E-state index in [4.69, 9.17) is 4.74 Å². The number of ether oxygens (including phenoxy) is 1. The predicted octanol–water partition coefficient (Wildman–Crippen LogP) is 1.26. The maximum Gasteiger partial charge on any atom is 0.0695 e. The molecule has 0 spiro atoms. The molecule has 0 aromatic rings. The summed E-state index contributed by atoms with van der Waals surface area (Å²) in [6, 6.07) is 0.669. The second kappa shape index (κ2) is 4.81. The monoisotopic (exact) mass is 213 g/mol. The van der Waals surface area contributed by atoms with Gasteiger partial charge in [-0.05, 0) is 31.7 Å². The summed E-state index contributed by atoms with van der Waals surface area (Å²) >= 11 is 0. The highest BCUT2D eigenvalue weighted by Gasteiger charge is 2.37. The number of nitrogens with zero attached hydrogens (tertiary/aromatic N) is 1. The van der Waals surface area contributed by atoms with E-state index in [0.717, 1.165) is 38.8 Å². The smallest absolute Gasteiger partial charge is 0.0695 e. The molecule has 3 heteroatoms. The molecule has 2 aliphatic rings. The Morgan fingerprint density at radius 3 is 2.67 bits per heavy atom. The van der Waals surface area contributed by atoms with Crippen LogP contribution in [0.25, 0.3) is 0 Å². The topological polar surface area (TPSA) is 32.7 Å². The molecule has 1 aliphatic heterocycles. The van der Waals surface area contributed by atoms with E-state index in [-0.39, 0.29) is 6.10 Å². The van der Waals surface area contributed by atoms with Crippen LogP contribution in [0.5, 0.6) is 0 Å². The molecule has 15 heavy (non-hydrogen) atoms. The molecule has 88 valence electrons. The van der Waals surface area contributed by atoms with Crippen molar-refractivity contribution in [3.8, 4) is 0 Å². The van der Waals surface area contributed by atoms with Crippen molar-refractivity contribution in [2.45, 2.75) is 50.9 Å². The van der Waals surface area contributed by atoms with Crippen molar-refractivity contribution < 1.29 is 9.84 Å². The lowest BCUT2D eigenvalue weighted by Gasteiger charge is -2.46. The number of likely N-dealkylation sites (tertiary alicyclic amines) is 1. The van der Waals surface area contributed by atoms with Gasteiger partial charge in [-0.3, -0.25) is 4.90 Å². The number of rotatable bonds is 3. The van der Waals surface area contributed by atoms with Crippen LogP contribution in [0.1, 0.15) is 32.6 Å². The van der Waals surface area contributed by atoms with Crippen molar-refractivity contribution in [1.82, 2.24) is 4.90 Å². The van der Waals surface area contributed by atoms with Gasteiger partial charge in [0.15, 0.2) is 0 Å². The van der Waals surface area contributed by atoms with Crippen LogP contribution in [0.3, 0.4) is 0 Å². The van der Waals surface area contributed by atoms with E-state index >= 15 is 0 Å². The zero-order chi connectivity index (χ0) is 10.8. The van der Waals surface area contributed by atoms with Crippen LogP contribution in [0.4, 0.5) is 0 Å². The first-order valence-electron chi connectivity index (χ1n) is 6.19. The van der Waals surface area contributed by atoms with Gasteiger partial charge >= 0.3 is 0 Å². The standard InChI is InChI=1S/C12H23NO2/c1-3-9-4-5-13(8-12(9)14)10-6-11(7-10)15-2/h9-12,14H,3-8H2,1-2H3/t9-,10?,11?,12-/m0/s1. The van der Waals surface area contributed by atoms with Crippen molar-refractivity contribution >= 4 is 0 Å². The van der Waals surface area contributed by atoms with E-state index in [1.165, 1.54) is 0 Å². The Balaban J connectivity index is 1.77. The lowest BCUT2D eigenvalue weighted by Crippen LogP contribution is -2.54. The van der Waals surface area contributed by atoms with Gasteiger partial charge < -0.3 is 9.84 Å². The SMILES string of the molecule is CC[C@H]1CCN(C2CC(OC)C2)C[C@@H]1O. The molecule has 0 unspecified atom stereocenters. The van der Waals surface area contributed by atoms with E-state index in [1.54, 1.807) is 7.11 Å². The summed E-state index contributed by atoms with van der Waals surface area (Å²) in [4.78, 5) is 2.45. The molecule has 1 saturated heterocycles. The van der Waals surface area contributed by atoms with E-state index in [0.29, 0.717) is 18.1 Å². The fraction of sp³-hybridized carbons (Fsp3) is 1.00. The summed E-state index contributed by atoms with van der Waals surface area (Å²) in [5, 5.41) is 9.96. The van der Waals surface area contributed by atoms with E-state index in [9.17, 15) is 5.11 Å². The Morgan fingerprint density at radius 1 is 1.40 bits per heavy atom. The van der Waals surface area contributed by atoms with Crippen LogP contribution in [-0.4, -0.2) is 48.5 Å². The third-order valence-electron chi connectivity index (χ3n) is 4.20. The first kappa shape index (κ1) is 11.4. The molecule has 1 heterocycles. The van der Waals surface area contributed by atoms with E-state index < -0.39 is 0 Å². The second-order valence-corrected chi connectivity index (χ2v) is 5.00. The van der Waals surface area contributed by atoms with E-state index in [1.807, 2.05) is 0 Å². The molecule has 0 amide bonds. The predicted molar refractivity (Wildman–Crippen MR) is 59.8 cm³/mol. The fourth-order valence-corrected chi connectivity index (χ4v) is 2.84. The molecule has 3 nitrogen and oxygen atoms in total. The Hall–Kier alpha value is -0.120. The van der Waals surface area contributed by atoms with E-state index in [2.05, 4.69) is 11.8 Å². The average molecular weight is 213 g/mol. The van der Waals surface area contributed by atoms with Crippen molar-refractivity contribution in [2.75, 3.05) is 20.2 Å². The summed E-state index contributed by atoms with van der Waals surface area (Å²) in [5.41, 5.74) is 0. The molecule has 0 bridgehead atoms. The molecular formula is C12H23NO2. The number of aliphatic hydroxyl groups is 1. The van der Waals surface area contributed by atoms with Gasteiger partial charge in [0.2, 0.25) is 0 Å². The molecule has 0 aromatic carbocycles. The minimum Gasteiger partial charge on any atom is -0.392 e. The molecule has 0 aromatic heterocycles. The Bertz CT molecular complexity index is 204. The normalized spacial score (nSPS) is 42.6. The van der Waals surface area contributed by atoms with Crippen LogP contribution in [-0.2, 0) is 4.74 Å². The van der Waals surface area contributed by atoms with Crippen LogP contribution in [0.2, 0.25) is 0 Å². The molecular weight excluding hydrogens is 190 g/mol. The average Bonchev–Trinajstić information content (AvgIpc) is 2.16. The zero-order valence-corrected chi connectivity index (χ0v) is 9.85. The zero-order valence-electron chi connectivity index (χ0n) is 9.85. The molecule has 2 atom stereocenters. The number of hydrogen-bond donors (Lipinski definition) is 1. The molecule has 0 radical (unpaired) electrons. The number of hydrogen-bond acceptors (Lipinski definition) is 3. The van der Waals surface area contributed by atoms with Gasteiger partial charge in [0, 0.05) is 19.7 Å². The first-order chi connectivity index (χ1) is 7.24. The minimum absolute atomic E-state index is 0.106. The van der Waals surface area contributed by atoms with Crippen LogP contribution >= 0.6 is 0 Å². The van der Waals surface area contributed by atoms with Gasteiger partial charge in [-0.15, -0.1) is 0 Å². The number of methoxy groups -OCH3 is 1. The fourth-order valence-electron chi connectivity index (χ4n) is 2.84. The lowest BCUT2D eigenvalue weighted by atomic mass is 9.84. The quantitative estimate of drug-likeness (QED) is 0.766. The molecule has 1 saturated carbocycles. The molecule has 1 N–H and O–H groups in total. The third-order valence-corrected chi connectivity index (χ3v) is 4.20. The Kier molecular flexibility index (Phi) is 3.65. The maximum absolute atomic E-state index is 9.96. The summed E-state index contributed by atoms with van der Waals surface area (Å²) < 4.78 is 5.29. The minimum atomic E-state index is -0.106. The van der Waals surface area contributed by atoms with Gasteiger partial charge in [-0.25, -0.2) is 0 Å². The third kappa shape index (κ3) is 2.35. The van der Waals surface area contributed by atoms with Crippen molar-refractivity contribution in [2.24, 2.45) is 5.92 Å². The highest BCUT2D eigenvalue weighted by atomic mass is 16.5. The highest BCUT2D eigenvalue weighted by molar-refractivity contribution is 4.91. The van der Waals surface area contributed by atoms with Crippen LogP contribution in [0.15, 0.2) is 0 Å². The number of β-amino-alcohol motifs (C(OH)–C–C–N with tert-alkyl or cyclic N) is 1. The molecule has 2 fully saturated rings. The van der Waals surface area contributed by atoms with Crippen LogP contribution in [0, 0.1) is 5.92 Å². The Labute approximate surface area is 92.4 Å². The van der Waals surface area contributed by atoms with Crippen molar-refractivity contribution in [3.05, 3.63) is 0 Å². The van der Waals surface area contributed by atoms with Gasteiger partial charge in [0.25, 0.3) is 0 Å². The maximum atomic E-state index is 9.96. The first-order valence-corrected chi connectivity index (χ1v) is 6.19. The molecule has 2 rings (SSSR count). The van der Waals surface area contributed by atoms with Gasteiger partial charge in [-0.1, -0.05) is 13.3 Å². The van der Waals surface area contributed by atoms with Crippen LogP contribution < -0.4 is 0 Å². The van der Waals surface area contributed by atoms with Gasteiger partial charge in [-0.2, -0.15) is 0 Å². The second-order valence-electron chi connectivity index (χ2n) is 5.00. The summed E-state index contributed by atoms with van der Waals surface area (Å²) in [6.07, 6.45) is 4.94. The number of aliphatic hydroxyl groups excluding tert-OH is 1. The van der Waals surface area contributed by atoms with Crippen molar-refractivity contribution in [1.29, 1.82) is 0 Å². The summed E-state index contributed by atoms with van der Waals surface area (Å²) in [5.74, 6) is 0.527. The Morgan fingerprint density at radius 2 is 2.13 bits per heavy atom. The summed E-state index contributed by atoms with van der Waals surface area (Å²) in [7, 11) is 1.79. The summed E-state index contributed by atoms with van der Waals surface area (Å²) in [6.45, 7) is 4.21. The van der Waals surface area contributed by atoms with Gasteiger partial charge in [0.1, 0.15) is 0 Å². The van der Waals surface area contributed by atoms with Gasteiger partial charge in [0.05, 0.1) is 12.2 Å². The number of piperidine rings is 1.